The van der Waals surface area contributed by atoms with Crippen LogP contribution in [0.3, 0.4) is 0 Å². The summed E-state index contributed by atoms with van der Waals surface area (Å²) in [4.78, 5) is 32.5. The van der Waals surface area contributed by atoms with E-state index in [2.05, 4.69) is 9.97 Å². The van der Waals surface area contributed by atoms with Crippen molar-refractivity contribution in [3.8, 4) is 11.5 Å². The Bertz CT molecular complexity index is 943. The highest BCUT2D eigenvalue weighted by molar-refractivity contribution is 6.41. The quantitative estimate of drug-likeness (QED) is 0.306. The minimum Gasteiger partial charge on any atom is -0.507 e. The normalized spacial score (nSPS) is 14.9. The molecule has 1 aromatic heterocycles. The van der Waals surface area contributed by atoms with Crippen LogP contribution in [0, 0.1) is 6.92 Å². The Hall–Kier alpha value is -3.09. The van der Waals surface area contributed by atoms with E-state index in [1.807, 2.05) is 0 Å². The second-order valence-corrected chi connectivity index (χ2v) is 7.16. The third-order valence-corrected chi connectivity index (χ3v) is 4.89. The van der Waals surface area contributed by atoms with Crippen molar-refractivity contribution in [1.82, 2.24) is 14.9 Å². The summed E-state index contributed by atoms with van der Waals surface area (Å²) in [6.07, 6.45) is 1.08. The van der Waals surface area contributed by atoms with Crippen molar-refractivity contribution in [2.75, 3.05) is 13.1 Å². The molecule has 1 aromatic carbocycles. The maximum Gasteiger partial charge on any atom is 0.451 e. The van der Waals surface area contributed by atoms with Crippen LogP contribution in [0.5, 0.6) is 11.5 Å². The summed E-state index contributed by atoms with van der Waals surface area (Å²) in [7, 11) is -1.57. The molecule has 2 aromatic rings. The second kappa shape index (κ2) is 8.73. The highest BCUT2D eigenvalue weighted by Crippen LogP contribution is 2.34. The number of carboxylic acids is 1. The van der Waals surface area contributed by atoms with Gasteiger partial charge >= 0.3 is 13.1 Å². The number of H-pyrrole nitrogens is 1. The van der Waals surface area contributed by atoms with Crippen LogP contribution in [0.2, 0.25) is 6.32 Å². The molecule has 0 spiro atoms. The molecule has 1 saturated heterocycles. The van der Waals surface area contributed by atoms with E-state index in [9.17, 15) is 19.8 Å². The van der Waals surface area contributed by atoms with Crippen LogP contribution in [-0.2, 0) is 11.2 Å². The third-order valence-electron chi connectivity index (χ3n) is 4.89. The number of nitrogens with two attached hydrogens (primary N) is 1. The van der Waals surface area contributed by atoms with Crippen LogP contribution < -0.4 is 10.5 Å². The van der Waals surface area contributed by atoms with Crippen LogP contribution in [0.25, 0.3) is 0 Å². The predicted molar refractivity (Wildman–Crippen MR) is 105 cm³/mol. The number of imidazole rings is 1. The topological polar surface area (TPSA) is 182 Å². The summed E-state index contributed by atoms with van der Waals surface area (Å²) < 4.78 is 5.68. The lowest BCUT2D eigenvalue weighted by Gasteiger charge is -2.40. The van der Waals surface area contributed by atoms with E-state index in [1.165, 1.54) is 23.2 Å². The van der Waals surface area contributed by atoms with Gasteiger partial charge < -0.3 is 40.6 Å². The molecule has 11 nitrogen and oxygen atoms in total. The lowest BCUT2D eigenvalue weighted by atomic mass is 9.82. The number of hydrogen-bond acceptors (Lipinski definition) is 8. The summed E-state index contributed by atoms with van der Waals surface area (Å²) in [6.45, 7) is 2.19. The van der Waals surface area contributed by atoms with Crippen molar-refractivity contribution < 1.29 is 34.6 Å². The van der Waals surface area contributed by atoms with Gasteiger partial charge in [-0.05, 0) is 31.3 Å². The number of phenols is 1. The lowest BCUT2D eigenvalue weighted by molar-refractivity contribution is -0.141. The number of aromatic carboxylic acids is 1. The number of carbonyl (C=O) groups excluding carboxylic acids is 1. The Kier molecular flexibility index (Phi) is 6.29. The average Bonchev–Trinajstić information content (AvgIpc) is 3.08. The van der Waals surface area contributed by atoms with Gasteiger partial charge in [0.05, 0.1) is 25.0 Å². The number of hydrogen-bond donors (Lipinski definition) is 6. The smallest absolute Gasteiger partial charge is 0.451 e. The zero-order chi connectivity index (χ0) is 22.0. The van der Waals surface area contributed by atoms with Crippen molar-refractivity contribution in [2.24, 2.45) is 5.73 Å². The van der Waals surface area contributed by atoms with Gasteiger partial charge in [0.15, 0.2) is 0 Å². The van der Waals surface area contributed by atoms with Gasteiger partial charge in [-0.1, -0.05) is 6.07 Å². The minimum atomic E-state index is -1.57. The van der Waals surface area contributed by atoms with Gasteiger partial charge in [-0.25, -0.2) is 9.78 Å². The molecule has 1 aliphatic rings. The molecule has 0 bridgehead atoms. The second-order valence-electron chi connectivity index (χ2n) is 7.16. The highest BCUT2D eigenvalue weighted by Gasteiger charge is 2.36. The summed E-state index contributed by atoms with van der Waals surface area (Å²) in [5.74, 6) is -1.55. The van der Waals surface area contributed by atoms with Gasteiger partial charge in [0, 0.05) is 0 Å². The van der Waals surface area contributed by atoms with E-state index >= 15 is 0 Å². The molecule has 7 N–H and O–H groups in total. The van der Waals surface area contributed by atoms with E-state index in [-0.39, 0.29) is 43.1 Å². The monoisotopic (exact) mass is 418 g/mol. The molecule has 0 aliphatic carbocycles. The molecule has 1 fully saturated rings. The van der Waals surface area contributed by atoms with Crippen molar-refractivity contribution in [1.29, 1.82) is 0 Å². The number of aromatic hydroxyl groups is 1. The largest absolute Gasteiger partial charge is 0.507 e. The first-order chi connectivity index (χ1) is 14.2. The van der Waals surface area contributed by atoms with Crippen molar-refractivity contribution in [2.45, 2.75) is 31.8 Å². The van der Waals surface area contributed by atoms with Gasteiger partial charge in [-0.15, -0.1) is 0 Å². The number of aromatic nitrogens is 2. The molecular formula is C18H23BN4O7. The number of carbonyl (C=O) groups is 2. The Morgan fingerprint density at radius 1 is 1.40 bits per heavy atom. The molecule has 30 heavy (non-hydrogen) atoms. The Morgan fingerprint density at radius 2 is 2.10 bits per heavy atom. The van der Waals surface area contributed by atoms with Crippen LogP contribution in [0.1, 0.15) is 33.5 Å². The Labute approximate surface area is 172 Å². The van der Waals surface area contributed by atoms with Crippen molar-refractivity contribution in [3.05, 3.63) is 41.0 Å². The Balaban J connectivity index is 1.64. The third kappa shape index (κ3) is 4.56. The van der Waals surface area contributed by atoms with E-state index < -0.39 is 36.5 Å². The fourth-order valence-electron chi connectivity index (χ4n) is 3.21. The first-order valence-electron chi connectivity index (χ1n) is 9.34. The van der Waals surface area contributed by atoms with E-state index in [4.69, 9.17) is 20.5 Å². The molecule has 1 amide bonds. The molecule has 12 heteroatoms. The Morgan fingerprint density at radius 3 is 2.67 bits per heavy atom. The predicted octanol–water partition coefficient (Wildman–Crippen LogP) is -0.573. The van der Waals surface area contributed by atoms with Crippen LogP contribution in [-0.4, -0.2) is 73.3 Å². The van der Waals surface area contributed by atoms with Crippen molar-refractivity contribution >= 4 is 19.0 Å². The number of benzene rings is 1. The fraction of sp³-hybridized carbons (Fsp3) is 0.389. The highest BCUT2D eigenvalue weighted by atomic mass is 16.5. The molecule has 0 saturated carbocycles. The number of amides is 1. The summed E-state index contributed by atoms with van der Waals surface area (Å²) in [5, 5.41) is 37.7. The lowest BCUT2D eigenvalue weighted by Crippen LogP contribution is -2.58. The number of carboxylic acid groups (broad SMARTS) is 1. The SMILES string of the molecule is Cc1ncc([C@@H](N)C(=O)N2CC(Oc3ccc(CCB(O)O)c(O)c3C(=O)O)C2)[nH]1. The molecule has 160 valence electrons. The molecule has 1 atom stereocenters. The zero-order valence-electron chi connectivity index (χ0n) is 16.3. The van der Waals surface area contributed by atoms with Gasteiger partial charge in [-0.2, -0.15) is 0 Å². The maximum atomic E-state index is 12.5. The van der Waals surface area contributed by atoms with Crippen LogP contribution in [0.4, 0.5) is 0 Å². The van der Waals surface area contributed by atoms with Gasteiger partial charge in [0.1, 0.15) is 35.0 Å². The van der Waals surface area contributed by atoms with Gasteiger partial charge in [-0.3, -0.25) is 4.79 Å². The van der Waals surface area contributed by atoms with E-state index in [1.54, 1.807) is 6.92 Å². The van der Waals surface area contributed by atoms with Crippen LogP contribution >= 0.6 is 0 Å². The maximum absolute atomic E-state index is 12.5. The van der Waals surface area contributed by atoms with Crippen LogP contribution in [0.15, 0.2) is 18.3 Å². The van der Waals surface area contributed by atoms with E-state index in [0.29, 0.717) is 11.5 Å². The number of nitrogens with zero attached hydrogens (tertiary/aromatic N) is 2. The standard InChI is InChI=1S/C18H23BN4O7/c1-9-21-6-12(22-9)15(20)17(25)23-7-11(8-23)30-13-3-2-10(4-5-19(28)29)16(24)14(13)18(26)27/h2-3,6,11,15,24,28-29H,4-5,7-8,20H2,1H3,(H,21,22)(H,26,27)/t15-/m1/s1. The van der Waals surface area contributed by atoms with Gasteiger partial charge in [0.25, 0.3) is 0 Å². The number of rotatable bonds is 8. The number of likely N-dealkylation sites (tertiary alicyclic amines) is 1. The first kappa shape index (κ1) is 21.6. The van der Waals surface area contributed by atoms with E-state index in [0.717, 1.165) is 0 Å². The molecular weight excluding hydrogens is 395 g/mol. The molecule has 0 radical (unpaired) electrons. The summed E-state index contributed by atoms with van der Waals surface area (Å²) in [6, 6.07) is 2.00. The molecule has 2 heterocycles. The van der Waals surface area contributed by atoms with Crippen molar-refractivity contribution in [3.63, 3.8) is 0 Å². The summed E-state index contributed by atoms with van der Waals surface area (Å²) >= 11 is 0. The number of nitrogens with one attached hydrogen (secondary N) is 1. The first-order valence-corrected chi connectivity index (χ1v) is 9.34. The number of ether oxygens (including phenoxy) is 1. The molecule has 3 rings (SSSR count). The average molecular weight is 418 g/mol. The fourth-order valence-corrected chi connectivity index (χ4v) is 3.21. The van der Waals surface area contributed by atoms with Gasteiger partial charge in [0.2, 0.25) is 5.91 Å². The number of aryl methyl sites for hydroxylation is 2. The zero-order valence-corrected chi connectivity index (χ0v) is 16.3. The number of aromatic amines is 1. The molecule has 1 aliphatic heterocycles. The minimum absolute atomic E-state index is 0.0288. The molecule has 0 unspecified atom stereocenters. The summed E-state index contributed by atoms with van der Waals surface area (Å²) in [5.41, 5.74) is 6.32.